The van der Waals surface area contributed by atoms with Gasteiger partial charge in [-0.3, -0.25) is 9.59 Å². The van der Waals surface area contributed by atoms with E-state index in [-0.39, 0.29) is 6.42 Å². The molecule has 0 unspecified atom stereocenters. The van der Waals surface area contributed by atoms with Gasteiger partial charge in [-0.05, 0) is 63.5 Å². The molecule has 0 saturated carbocycles. The molecule has 0 fully saturated rings. The summed E-state index contributed by atoms with van der Waals surface area (Å²) in [6, 6.07) is 24.4. The van der Waals surface area contributed by atoms with Crippen LogP contribution in [0.25, 0.3) is 0 Å². The number of nitrogens with one attached hydrogen (secondary N) is 2. The maximum atomic E-state index is 12.0. The number of hydrogen-bond acceptors (Lipinski definition) is 4. The number of rotatable bonds is 8. The second-order valence-electron chi connectivity index (χ2n) is 6.34. The van der Waals surface area contributed by atoms with Crippen molar-refractivity contribution in [1.29, 1.82) is 0 Å². The molecule has 0 heterocycles. The Morgan fingerprint density at radius 2 is 1.60 bits per heavy atom. The van der Waals surface area contributed by atoms with Gasteiger partial charge in [0.1, 0.15) is 18.8 Å². The highest BCUT2D eigenvalue weighted by molar-refractivity contribution is 9.10. The highest BCUT2D eigenvalue weighted by atomic mass is 79.9. The van der Waals surface area contributed by atoms with Crippen LogP contribution in [-0.4, -0.2) is 18.0 Å². The van der Waals surface area contributed by atoms with E-state index >= 15 is 0 Å². The monoisotopic (exact) mass is 465 g/mol. The SMILES string of the molecule is O=C(CC(=O)Nc1ccccc1Br)NN=Cc1ccc(OCc2ccccc2)cc1. The predicted molar refractivity (Wildman–Crippen MR) is 120 cm³/mol. The summed E-state index contributed by atoms with van der Waals surface area (Å²) in [5, 5.41) is 6.55. The Morgan fingerprint density at radius 3 is 2.33 bits per heavy atom. The van der Waals surface area contributed by atoms with Crippen LogP contribution in [-0.2, 0) is 16.2 Å². The number of amides is 2. The first-order valence-corrected chi connectivity index (χ1v) is 10.0. The van der Waals surface area contributed by atoms with Crippen molar-refractivity contribution in [2.45, 2.75) is 13.0 Å². The van der Waals surface area contributed by atoms with Crippen molar-refractivity contribution in [2.75, 3.05) is 5.32 Å². The molecule has 2 N–H and O–H groups in total. The van der Waals surface area contributed by atoms with Crippen LogP contribution in [0.3, 0.4) is 0 Å². The maximum absolute atomic E-state index is 12.0. The number of para-hydroxylation sites is 1. The highest BCUT2D eigenvalue weighted by Crippen LogP contribution is 2.21. The minimum absolute atomic E-state index is 0.328. The predicted octanol–water partition coefficient (Wildman–Crippen LogP) is 4.51. The van der Waals surface area contributed by atoms with Crippen molar-refractivity contribution in [1.82, 2.24) is 5.43 Å². The Labute approximate surface area is 183 Å². The van der Waals surface area contributed by atoms with E-state index in [1.807, 2.05) is 60.7 Å². The molecule has 0 radical (unpaired) electrons. The summed E-state index contributed by atoms with van der Waals surface area (Å²) in [5.41, 5.74) is 4.84. The molecule has 3 rings (SSSR count). The molecule has 0 bridgehead atoms. The Bertz CT molecular complexity index is 1020. The standard InChI is InChI=1S/C23H20BrN3O3/c24-20-8-4-5-9-21(20)26-22(28)14-23(29)27-25-15-17-10-12-19(13-11-17)30-16-18-6-2-1-3-7-18/h1-13,15H,14,16H2,(H,26,28)(H,27,29). The molecule has 152 valence electrons. The lowest BCUT2D eigenvalue weighted by atomic mass is 10.2. The normalized spacial score (nSPS) is 10.6. The van der Waals surface area contributed by atoms with E-state index in [9.17, 15) is 9.59 Å². The van der Waals surface area contributed by atoms with Crippen molar-refractivity contribution in [3.63, 3.8) is 0 Å². The van der Waals surface area contributed by atoms with Crippen LogP contribution >= 0.6 is 15.9 Å². The van der Waals surface area contributed by atoms with Crippen LogP contribution in [0.15, 0.2) is 88.4 Å². The number of carbonyl (C=O) groups excluding carboxylic acids is 2. The van der Waals surface area contributed by atoms with E-state index in [0.717, 1.165) is 21.3 Å². The van der Waals surface area contributed by atoms with Crippen LogP contribution in [0, 0.1) is 0 Å². The van der Waals surface area contributed by atoms with Crippen molar-refractivity contribution in [2.24, 2.45) is 5.10 Å². The third kappa shape index (κ3) is 6.86. The summed E-state index contributed by atoms with van der Waals surface area (Å²) in [7, 11) is 0. The number of nitrogens with zero attached hydrogens (tertiary/aromatic N) is 1. The second kappa shape index (κ2) is 10.9. The van der Waals surface area contributed by atoms with E-state index in [1.54, 1.807) is 18.2 Å². The van der Waals surface area contributed by atoms with E-state index in [1.165, 1.54) is 6.21 Å². The maximum Gasteiger partial charge on any atom is 0.249 e. The molecular formula is C23H20BrN3O3. The molecule has 0 saturated heterocycles. The summed E-state index contributed by atoms with van der Waals surface area (Å²) >= 11 is 3.34. The molecule has 3 aromatic carbocycles. The van der Waals surface area contributed by atoms with E-state index in [2.05, 4.69) is 31.8 Å². The first-order valence-electron chi connectivity index (χ1n) is 9.23. The first-order chi connectivity index (χ1) is 14.6. The lowest BCUT2D eigenvalue weighted by molar-refractivity contribution is -0.126. The number of ether oxygens (including phenoxy) is 1. The zero-order valence-electron chi connectivity index (χ0n) is 16.0. The smallest absolute Gasteiger partial charge is 0.249 e. The lowest BCUT2D eigenvalue weighted by Gasteiger charge is -2.06. The molecule has 0 aliphatic carbocycles. The minimum Gasteiger partial charge on any atom is -0.489 e. The number of carbonyl (C=O) groups is 2. The average molecular weight is 466 g/mol. The zero-order chi connectivity index (χ0) is 21.2. The van der Waals surface area contributed by atoms with Crippen LogP contribution in [0.1, 0.15) is 17.5 Å². The van der Waals surface area contributed by atoms with Gasteiger partial charge < -0.3 is 10.1 Å². The number of benzene rings is 3. The van der Waals surface area contributed by atoms with E-state index in [0.29, 0.717) is 12.3 Å². The summed E-state index contributed by atoms with van der Waals surface area (Å²) in [6.07, 6.45) is 1.18. The largest absolute Gasteiger partial charge is 0.489 e. The van der Waals surface area contributed by atoms with Crippen LogP contribution in [0.5, 0.6) is 5.75 Å². The van der Waals surface area contributed by atoms with Crippen LogP contribution < -0.4 is 15.5 Å². The van der Waals surface area contributed by atoms with Gasteiger partial charge in [0, 0.05) is 4.47 Å². The fourth-order valence-electron chi connectivity index (χ4n) is 2.51. The molecule has 30 heavy (non-hydrogen) atoms. The Balaban J connectivity index is 1.42. The molecule has 2 amide bonds. The molecule has 6 nitrogen and oxygen atoms in total. The molecule has 7 heteroatoms. The Morgan fingerprint density at radius 1 is 0.900 bits per heavy atom. The van der Waals surface area contributed by atoms with Gasteiger partial charge in [0.15, 0.2) is 0 Å². The van der Waals surface area contributed by atoms with Crippen molar-refractivity contribution < 1.29 is 14.3 Å². The number of hydrazone groups is 1. The molecule has 3 aromatic rings. The Hall–Kier alpha value is -3.45. The summed E-state index contributed by atoms with van der Waals surface area (Å²) < 4.78 is 6.47. The Kier molecular flexibility index (Phi) is 7.74. The third-order valence-corrected chi connectivity index (χ3v) is 4.69. The van der Waals surface area contributed by atoms with Gasteiger partial charge in [-0.1, -0.05) is 42.5 Å². The molecule has 0 spiro atoms. The van der Waals surface area contributed by atoms with Gasteiger partial charge >= 0.3 is 0 Å². The highest BCUT2D eigenvalue weighted by Gasteiger charge is 2.10. The quantitative estimate of drug-likeness (QED) is 0.291. The van der Waals surface area contributed by atoms with Crippen LogP contribution in [0.2, 0.25) is 0 Å². The fourth-order valence-corrected chi connectivity index (χ4v) is 2.90. The van der Waals surface area contributed by atoms with Gasteiger partial charge in [-0.25, -0.2) is 5.43 Å². The average Bonchev–Trinajstić information content (AvgIpc) is 2.75. The summed E-state index contributed by atoms with van der Waals surface area (Å²) in [4.78, 5) is 23.8. The van der Waals surface area contributed by atoms with Crippen molar-refractivity contribution in [3.8, 4) is 5.75 Å². The number of anilines is 1. The third-order valence-electron chi connectivity index (χ3n) is 4.00. The van der Waals surface area contributed by atoms with Crippen molar-refractivity contribution >= 4 is 39.6 Å². The first kappa shape index (κ1) is 21.3. The van der Waals surface area contributed by atoms with Gasteiger partial charge in [0.25, 0.3) is 0 Å². The molecule has 0 atom stereocenters. The number of halogens is 1. The molecule has 0 aromatic heterocycles. The van der Waals surface area contributed by atoms with Gasteiger partial charge in [-0.2, -0.15) is 5.10 Å². The fraction of sp³-hybridized carbons (Fsp3) is 0.0870. The summed E-state index contributed by atoms with van der Waals surface area (Å²) in [5.74, 6) is -0.183. The van der Waals surface area contributed by atoms with E-state index < -0.39 is 11.8 Å². The molecule has 0 aliphatic heterocycles. The van der Waals surface area contributed by atoms with Gasteiger partial charge in [0.2, 0.25) is 11.8 Å². The van der Waals surface area contributed by atoms with Crippen LogP contribution in [0.4, 0.5) is 5.69 Å². The number of hydrogen-bond donors (Lipinski definition) is 2. The summed E-state index contributed by atoms with van der Waals surface area (Å²) in [6.45, 7) is 0.492. The molecular weight excluding hydrogens is 446 g/mol. The van der Waals surface area contributed by atoms with Gasteiger partial charge in [-0.15, -0.1) is 0 Å². The van der Waals surface area contributed by atoms with Gasteiger partial charge in [0.05, 0.1) is 11.9 Å². The molecule has 0 aliphatic rings. The van der Waals surface area contributed by atoms with Crippen molar-refractivity contribution in [3.05, 3.63) is 94.5 Å². The zero-order valence-corrected chi connectivity index (χ0v) is 17.6. The lowest BCUT2D eigenvalue weighted by Crippen LogP contribution is -2.24. The van der Waals surface area contributed by atoms with E-state index in [4.69, 9.17) is 4.74 Å². The second-order valence-corrected chi connectivity index (χ2v) is 7.20. The minimum atomic E-state index is -0.501. The topological polar surface area (TPSA) is 79.8 Å².